The van der Waals surface area contributed by atoms with E-state index in [1.807, 2.05) is 0 Å². The fourth-order valence-corrected chi connectivity index (χ4v) is 0.835. The van der Waals surface area contributed by atoms with E-state index in [-0.39, 0.29) is 0 Å². The van der Waals surface area contributed by atoms with Gasteiger partial charge in [0.15, 0.2) is 0 Å². The van der Waals surface area contributed by atoms with E-state index in [4.69, 9.17) is 4.84 Å². The van der Waals surface area contributed by atoms with Gasteiger partial charge in [0, 0.05) is 18.8 Å². The van der Waals surface area contributed by atoms with E-state index < -0.39 is 0 Å². The normalized spacial score (nSPS) is 9.08. The van der Waals surface area contributed by atoms with E-state index in [9.17, 15) is 4.79 Å². The molecule has 0 saturated carbocycles. The molecule has 0 fully saturated rings. The quantitative estimate of drug-likeness (QED) is 0.513. The van der Waals surface area contributed by atoms with Gasteiger partial charge in [-0.15, -0.1) is 0 Å². The Morgan fingerprint density at radius 3 is 3.00 bits per heavy atom. The predicted octanol–water partition coefficient (Wildman–Crippen LogP) is 0.768. The monoisotopic (exact) mass is 166 g/mol. The molecule has 0 aliphatic heterocycles. The number of benzene rings is 1. The van der Waals surface area contributed by atoms with E-state index >= 15 is 0 Å². The van der Waals surface area contributed by atoms with Crippen molar-refractivity contribution in [2.45, 2.75) is 0 Å². The van der Waals surface area contributed by atoms with Gasteiger partial charge in [0.05, 0.1) is 0 Å². The SMILES string of the molecule is CNOc1cccc(NC=O)c1. The molecule has 0 spiro atoms. The van der Waals surface area contributed by atoms with Gasteiger partial charge >= 0.3 is 0 Å². The highest BCUT2D eigenvalue weighted by Crippen LogP contribution is 2.15. The minimum absolute atomic E-state index is 0.623. The first-order chi connectivity index (χ1) is 5.86. The second kappa shape index (κ2) is 4.35. The zero-order valence-electron chi connectivity index (χ0n) is 6.70. The Bertz CT molecular complexity index is 263. The van der Waals surface area contributed by atoms with Crippen molar-refractivity contribution in [1.29, 1.82) is 0 Å². The second-order valence-electron chi connectivity index (χ2n) is 2.10. The number of hydrogen-bond donors (Lipinski definition) is 2. The van der Waals surface area contributed by atoms with Crippen LogP contribution in [0.3, 0.4) is 0 Å². The van der Waals surface area contributed by atoms with Crippen molar-refractivity contribution in [1.82, 2.24) is 5.48 Å². The maximum Gasteiger partial charge on any atom is 0.211 e. The largest absolute Gasteiger partial charge is 0.409 e. The summed E-state index contributed by atoms with van der Waals surface area (Å²) in [6.07, 6.45) is 0.623. The molecule has 0 saturated heterocycles. The molecule has 0 aliphatic carbocycles. The lowest BCUT2D eigenvalue weighted by atomic mass is 10.3. The smallest absolute Gasteiger partial charge is 0.211 e. The minimum atomic E-state index is 0.623. The molecule has 1 rings (SSSR count). The van der Waals surface area contributed by atoms with E-state index in [2.05, 4.69) is 10.8 Å². The molecule has 1 aromatic rings. The van der Waals surface area contributed by atoms with Gasteiger partial charge in [-0.3, -0.25) is 4.79 Å². The van der Waals surface area contributed by atoms with Crippen LogP contribution in [-0.4, -0.2) is 13.5 Å². The molecule has 4 nitrogen and oxygen atoms in total. The van der Waals surface area contributed by atoms with E-state index in [0.29, 0.717) is 17.8 Å². The van der Waals surface area contributed by atoms with Crippen LogP contribution >= 0.6 is 0 Å². The summed E-state index contributed by atoms with van der Waals surface area (Å²) in [6.45, 7) is 0. The van der Waals surface area contributed by atoms with Gasteiger partial charge in [0.2, 0.25) is 6.41 Å². The Balaban J connectivity index is 2.73. The van der Waals surface area contributed by atoms with Crippen LogP contribution < -0.4 is 15.6 Å². The number of anilines is 1. The molecule has 0 bridgehead atoms. The molecule has 0 heterocycles. The molecule has 0 aliphatic rings. The van der Waals surface area contributed by atoms with Crippen LogP contribution in [0.2, 0.25) is 0 Å². The summed E-state index contributed by atoms with van der Waals surface area (Å²) in [5.74, 6) is 0.657. The first-order valence-electron chi connectivity index (χ1n) is 3.50. The third kappa shape index (κ3) is 2.25. The Labute approximate surface area is 70.5 Å². The Hall–Kier alpha value is -1.55. The van der Waals surface area contributed by atoms with Crippen molar-refractivity contribution in [2.24, 2.45) is 0 Å². The fraction of sp³-hybridized carbons (Fsp3) is 0.125. The van der Waals surface area contributed by atoms with Crippen molar-refractivity contribution in [3.05, 3.63) is 24.3 Å². The zero-order chi connectivity index (χ0) is 8.81. The minimum Gasteiger partial charge on any atom is -0.409 e. The molecule has 4 heteroatoms. The number of carbonyl (C=O) groups is 1. The molecule has 0 aromatic heterocycles. The summed E-state index contributed by atoms with van der Waals surface area (Å²) >= 11 is 0. The molecule has 1 aromatic carbocycles. The summed E-state index contributed by atoms with van der Waals surface area (Å²) < 4.78 is 0. The van der Waals surface area contributed by atoms with Gasteiger partial charge in [-0.2, -0.15) is 5.48 Å². The van der Waals surface area contributed by atoms with E-state index in [0.717, 1.165) is 0 Å². The van der Waals surface area contributed by atoms with Crippen molar-refractivity contribution >= 4 is 12.1 Å². The van der Waals surface area contributed by atoms with Crippen LogP contribution in [-0.2, 0) is 4.79 Å². The average Bonchev–Trinajstić information content (AvgIpc) is 2.06. The highest BCUT2D eigenvalue weighted by molar-refractivity contribution is 5.71. The van der Waals surface area contributed by atoms with Gasteiger partial charge < -0.3 is 10.2 Å². The van der Waals surface area contributed by atoms with Crippen LogP contribution in [0.15, 0.2) is 24.3 Å². The summed E-state index contributed by atoms with van der Waals surface area (Å²) in [6, 6.07) is 7.06. The molecule has 0 unspecified atom stereocenters. The maximum atomic E-state index is 10.1. The molecular formula is C8H10N2O2. The number of nitrogens with one attached hydrogen (secondary N) is 2. The van der Waals surface area contributed by atoms with Gasteiger partial charge in [0.25, 0.3) is 0 Å². The highest BCUT2D eigenvalue weighted by Gasteiger charge is 1.93. The van der Waals surface area contributed by atoms with Gasteiger partial charge in [-0.05, 0) is 12.1 Å². The molecule has 1 amide bonds. The molecule has 12 heavy (non-hydrogen) atoms. The number of hydroxylamine groups is 1. The van der Waals surface area contributed by atoms with Crippen LogP contribution in [0.25, 0.3) is 0 Å². The van der Waals surface area contributed by atoms with Crippen LogP contribution in [0, 0.1) is 0 Å². The Morgan fingerprint density at radius 2 is 2.33 bits per heavy atom. The third-order valence-corrected chi connectivity index (χ3v) is 1.28. The molecule has 64 valence electrons. The van der Waals surface area contributed by atoms with Crippen LogP contribution in [0.1, 0.15) is 0 Å². The lowest BCUT2D eigenvalue weighted by molar-refractivity contribution is -0.105. The topological polar surface area (TPSA) is 50.4 Å². The average molecular weight is 166 g/mol. The van der Waals surface area contributed by atoms with E-state index in [1.54, 1.807) is 31.3 Å². The van der Waals surface area contributed by atoms with Gasteiger partial charge in [-0.25, -0.2) is 0 Å². The summed E-state index contributed by atoms with van der Waals surface area (Å²) in [5.41, 5.74) is 3.24. The summed E-state index contributed by atoms with van der Waals surface area (Å²) in [7, 11) is 1.67. The molecular weight excluding hydrogens is 156 g/mol. The Morgan fingerprint density at radius 1 is 1.50 bits per heavy atom. The summed E-state index contributed by atoms with van der Waals surface area (Å²) in [5, 5.41) is 2.52. The molecule has 2 N–H and O–H groups in total. The zero-order valence-corrected chi connectivity index (χ0v) is 6.70. The maximum absolute atomic E-state index is 10.1. The predicted molar refractivity (Wildman–Crippen MR) is 45.8 cm³/mol. The van der Waals surface area contributed by atoms with Crippen LogP contribution in [0.4, 0.5) is 5.69 Å². The second-order valence-corrected chi connectivity index (χ2v) is 2.10. The first-order valence-corrected chi connectivity index (χ1v) is 3.50. The van der Waals surface area contributed by atoms with Gasteiger partial charge in [0.1, 0.15) is 5.75 Å². The highest BCUT2D eigenvalue weighted by atomic mass is 16.6. The Kier molecular flexibility index (Phi) is 3.10. The number of amides is 1. The van der Waals surface area contributed by atoms with Crippen molar-refractivity contribution in [3.8, 4) is 5.75 Å². The fourth-order valence-electron chi connectivity index (χ4n) is 0.835. The van der Waals surface area contributed by atoms with E-state index in [1.165, 1.54) is 0 Å². The van der Waals surface area contributed by atoms with Crippen molar-refractivity contribution in [3.63, 3.8) is 0 Å². The number of hydrogen-bond acceptors (Lipinski definition) is 3. The van der Waals surface area contributed by atoms with Crippen molar-refractivity contribution < 1.29 is 9.63 Å². The molecule has 0 radical (unpaired) electrons. The summed E-state index contributed by atoms with van der Waals surface area (Å²) in [4.78, 5) is 15.1. The third-order valence-electron chi connectivity index (χ3n) is 1.28. The standard InChI is InChI=1S/C8H10N2O2/c1-9-12-8-4-2-3-7(5-8)10-6-11/h2-6,9H,1H3,(H,10,11). The number of carbonyl (C=O) groups excluding carboxylic acids is 1. The van der Waals surface area contributed by atoms with Gasteiger partial charge in [-0.1, -0.05) is 6.07 Å². The lowest BCUT2D eigenvalue weighted by Gasteiger charge is -2.03. The first kappa shape index (κ1) is 8.55. The number of rotatable bonds is 4. The van der Waals surface area contributed by atoms with Crippen LogP contribution in [0.5, 0.6) is 5.75 Å². The molecule has 0 atom stereocenters. The lowest BCUT2D eigenvalue weighted by Crippen LogP contribution is -2.10. The van der Waals surface area contributed by atoms with Crippen molar-refractivity contribution in [2.75, 3.05) is 12.4 Å².